The van der Waals surface area contributed by atoms with E-state index < -0.39 is 11.0 Å². The molecule has 100 valence electrons. The first-order valence-electron chi connectivity index (χ1n) is 5.68. The van der Waals surface area contributed by atoms with Crippen molar-refractivity contribution in [3.05, 3.63) is 50.9 Å². The number of ether oxygens (including phenoxy) is 1. The van der Waals surface area contributed by atoms with Crippen LogP contribution in [0, 0.1) is 17.0 Å². The van der Waals surface area contributed by atoms with Gasteiger partial charge in [-0.15, -0.1) is 0 Å². The number of thiophene rings is 1. The van der Waals surface area contributed by atoms with Crippen LogP contribution in [0.1, 0.15) is 23.5 Å². The predicted octanol–water partition coefficient (Wildman–Crippen LogP) is 3.81. The van der Waals surface area contributed by atoms with E-state index in [1.165, 1.54) is 6.07 Å². The van der Waals surface area contributed by atoms with Gasteiger partial charge in [0.1, 0.15) is 5.75 Å². The molecular formula is C13H13NO4S. The van der Waals surface area contributed by atoms with E-state index >= 15 is 0 Å². The lowest BCUT2D eigenvalue weighted by Crippen LogP contribution is -1.89. The molecule has 0 saturated carbocycles. The molecule has 0 amide bonds. The zero-order chi connectivity index (χ0) is 14.0. The summed E-state index contributed by atoms with van der Waals surface area (Å²) in [5, 5.41) is 20.6. The first-order valence-corrected chi connectivity index (χ1v) is 6.49. The molecule has 1 heterocycles. The topological polar surface area (TPSA) is 72.6 Å². The molecule has 0 aliphatic heterocycles. The largest absolute Gasteiger partial charge is 0.440 e. The monoisotopic (exact) mass is 279 g/mol. The summed E-state index contributed by atoms with van der Waals surface area (Å²) in [7, 11) is 0. The Morgan fingerprint density at radius 1 is 1.37 bits per heavy atom. The Morgan fingerprint density at radius 3 is 2.53 bits per heavy atom. The van der Waals surface area contributed by atoms with Crippen LogP contribution in [0.15, 0.2) is 30.3 Å². The van der Waals surface area contributed by atoms with Gasteiger partial charge in [-0.05, 0) is 26.0 Å². The fraction of sp³-hybridized carbons (Fsp3) is 0.231. The summed E-state index contributed by atoms with van der Waals surface area (Å²) in [4.78, 5) is 11.0. The summed E-state index contributed by atoms with van der Waals surface area (Å²) in [5.74, 6) is 0.535. The number of nitrogens with zero attached hydrogens (tertiary/aromatic N) is 1. The van der Waals surface area contributed by atoms with E-state index in [4.69, 9.17) is 4.74 Å². The fourth-order valence-corrected chi connectivity index (χ4v) is 2.43. The Hall–Kier alpha value is -1.92. The van der Waals surface area contributed by atoms with Crippen LogP contribution in [-0.2, 0) is 0 Å². The standard InChI is InChI=1S/C13H13NO4S/c1-8-3-5-10(6-4-8)18-13-11(14(16)17)7-12(19-13)9(2)15/h3-7,9,15H,1-2H3. The maximum Gasteiger partial charge on any atom is 0.323 e. The van der Waals surface area contributed by atoms with Gasteiger partial charge in [0.25, 0.3) is 5.06 Å². The number of hydrogen-bond donors (Lipinski definition) is 1. The van der Waals surface area contributed by atoms with Crippen LogP contribution in [0.5, 0.6) is 10.8 Å². The number of rotatable bonds is 4. The van der Waals surface area contributed by atoms with Gasteiger partial charge in [0.15, 0.2) is 0 Å². The third-order valence-corrected chi connectivity index (χ3v) is 3.71. The molecule has 6 heteroatoms. The van der Waals surface area contributed by atoms with Gasteiger partial charge in [0.05, 0.1) is 11.0 Å². The van der Waals surface area contributed by atoms with Crippen LogP contribution < -0.4 is 4.74 Å². The van der Waals surface area contributed by atoms with Gasteiger partial charge < -0.3 is 9.84 Å². The van der Waals surface area contributed by atoms with Gasteiger partial charge in [-0.25, -0.2) is 0 Å². The summed E-state index contributed by atoms with van der Waals surface area (Å²) in [6.45, 7) is 3.51. The second-order valence-corrected chi connectivity index (χ2v) is 5.22. The smallest absolute Gasteiger partial charge is 0.323 e. The lowest BCUT2D eigenvalue weighted by molar-refractivity contribution is -0.385. The number of hydrogen-bond acceptors (Lipinski definition) is 5. The van der Waals surface area contributed by atoms with Crippen LogP contribution in [0.25, 0.3) is 0 Å². The second-order valence-electron chi connectivity index (χ2n) is 4.17. The van der Waals surface area contributed by atoms with Gasteiger partial charge in [-0.2, -0.15) is 0 Å². The van der Waals surface area contributed by atoms with E-state index in [-0.39, 0.29) is 10.8 Å². The van der Waals surface area contributed by atoms with E-state index in [1.807, 2.05) is 19.1 Å². The van der Waals surface area contributed by atoms with Gasteiger partial charge in [-0.3, -0.25) is 10.1 Å². The minimum absolute atomic E-state index is 0.124. The third kappa shape index (κ3) is 3.10. The summed E-state index contributed by atoms with van der Waals surface area (Å²) >= 11 is 1.08. The minimum Gasteiger partial charge on any atom is -0.440 e. The van der Waals surface area contributed by atoms with Crippen molar-refractivity contribution in [2.75, 3.05) is 0 Å². The van der Waals surface area contributed by atoms with Crippen molar-refractivity contribution >= 4 is 17.0 Å². The molecule has 2 rings (SSSR count). The number of aliphatic hydroxyl groups excluding tert-OH is 1. The van der Waals surface area contributed by atoms with Crippen molar-refractivity contribution < 1.29 is 14.8 Å². The molecule has 0 saturated heterocycles. The number of aliphatic hydroxyl groups is 1. The lowest BCUT2D eigenvalue weighted by atomic mass is 10.2. The van der Waals surface area contributed by atoms with Crippen LogP contribution in [0.3, 0.4) is 0 Å². The van der Waals surface area contributed by atoms with E-state index in [1.54, 1.807) is 19.1 Å². The maximum absolute atomic E-state index is 11.0. The average Bonchev–Trinajstić information content (AvgIpc) is 2.76. The van der Waals surface area contributed by atoms with Gasteiger partial charge >= 0.3 is 5.69 Å². The summed E-state index contributed by atoms with van der Waals surface area (Å²) < 4.78 is 5.52. The number of nitro groups is 1. The quantitative estimate of drug-likeness (QED) is 0.682. The molecule has 1 atom stereocenters. The molecule has 19 heavy (non-hydrogen) atoms. The summed E-state index contributed by atoms with van der Waals surface area (Å²) in [5.41, 5.74) is 0.958. The minimum atomic E-state index is -0.751. The van der Waals surface area contributed by atoms with Crippen LogP contribution in [-0.4, -0.2) is 10.0 Å². The zero-order valence-corrected chi connectivity index (χ0v) is 11.3. The molecule has 0 radical (unpaired) electrons. The summed E-state index contributed by atoms with van der Waals surface area (Å²) in [6.07, 6.45) is -0.751. The number of benzene rings is 1. The van der Waals surface area contributed by atoms with Crippen molar-refractivity contribution in [1.29, 1.82) is 0 Å². The zero-order valence-electron chi connectivity index (χ0n) is 10.5. The van der Waals surface area contributed by atoms with Crippen molar-refractivity contribution in [3.63, 3.8) is 0 Å². The Labute approximate surface area is 114 Å². The molecule has 0 bridgehead atoms. The molecule has 5 nitrogen and oxygen atoms in total. The van der Waals surface area contributed by atoms with Crippen molar-refractivity contribution in [2.24, 2.45) is 0 Å². The Bertz CT molecular complexity index is 589. The highest BCUT2D eigenvalue weighted by Gasteiger charge is 2.22. The first-order chi connectivity index (χ1) is 8.97. The molecule has 0 spiro atoms. The van der Waals surface area contributed by atoms with Crippen LogP contribution in [0.2, 0.25) is 0 Å². The highest BCUT2D eigenvalue weighted by molar-refractivity contribution is 7.14. The summed E-state index contributed by atoms with van der Waals surface area (Å²) in [6, 6.07) is 8.58. The van der Waals surface area contributed by atoms with Gasteiger partial charge in [-0.1, -0.05) is 29.0 Å². The SMILES string of the molecule is Cc1ccc(Oc2sc(C(C)O)cc2[N+](=O)[O-])cc1. The van der Waals surface area contributed by atoms with Gasteiger partial charge in [0.2, 0.25) is 0 Å². The first kappa shape index (κ1) is 13.5. The average molecular weight is 279 g/mol. The molecule has 1 unspecified atom stereocenters. The van der Waals surface area contributed by atoms with Crippen molar-refractivity contribution in [3.8, 4) is 10.8 Å². The van der Waals surface area contributed by atoms with E-state index in [0.717, 1.165) is 16.9 Å². The second kappa shape index (κ2) is 5.38. The molecule has 2 aromatic rings. The molecule has 0 fully saturated rings. The Balaban J connectivity index is 2.33. The third-order valence-electron chi connectivity index (χ3n) is 2.54. The molecule has 1 N–H and O–H groups in total. The van der Waals surface area contributed by atoms with E-state index in [0.29, 0.717) is 10.6 Å². The Kier molecular flexibility index (Phi) is 3.82. The van der Waals surface area contributed by atoms with E-state index in [2.05, 4.69) is 0 Å². The Morgan fingerprint density at radius 2 is 2.00 bits per heavy atom. The highest BCUT2D eigenvalue weighted by Crippen LogP contribution is 2.41. The molecule has 1 aromatic heterocycles. The van der Waals surface area contributed by atoms with Gasteiger partial charge in [0, 0.05) is 10.9 Å². The predicted molar refractivity (Wildman–Crippen MR) is 72.9 cm³/mol. The maximum atomic E-state index is 11.0. The van der Waals surface area contributed by atoms with Crippen molar-refractivity contribution in [2.45, 2.75) is 20.0 Å². The molecule has 1 aromatic carbocycles. The van der Waals surface area contributed by atoms with Crippen molar-refractivity contribution in [1.82, 2.24) is 0 Å². The normalized spacial score (nSPS) is 12.2. The molecule has 0 aliphatic rings. The molecule has 0 aliphatic carbocycles. The lowest BCUT2D eigenvalue weighted by Gasteiger charge is -2.02. The van der Waals surface area contributed by atoms with Crippen LogP contribution >= 0.6 is 11.3 Å². The number of aryl methyl sites for hydroxylation is 1. The fourth-order valence-electron chi connectivity index (χ4n) is 1.50. The highest BCUT2D eigenvalue weighted by atomic mass is 32.1. The van der Waals surface area contributed by atoms with Crippen LogP contribution in [0.4, 0.5) is 5.69 Å². The van der Waals surface area contributed by atoms with E-state index in [9.17, 15) is 15.2 Å². The molecular weight excluding hydrogens is 266 g/mol.